The summed E-state index contributed by atoms with van der Waals surface area (Å²) >= 11 is 1.58. The number of benzene rings is 1. The predicted octanol–water partition coefficient (Wildman–Crippen LogP) is 2.38. The van der Waals surface area contributed by atoms with Gasteiger partial charge in [0.2, 0.25) is 11.8 Å². The summed E-state index contributed by atoms with van der Waals surface area (Å²) in [6.07, 6.45) is 0.471. The fraction of sp³-hybridized carbons (Fsp3) is 0.368. The third kappa shape index (κ3) is 4.71. The Morgan fingerprint density at radius 1 is 1.30 bits per heavy atom. The molecule has 1 aliphatic heterocycles. The number of hydrogen-bond donors (Lipinski definition) is 2. The van der Waals surface area contributed by atoms with Gasteiger partial charge in [-0.2, -0.15) is 0 Å². The number of nitrogens with one attached hydrogen (secondary N) is 2. The van der Waals surface area contributed by atoms with E-state index in [4.69, 9.17) is 0 Å². The van der Waals surface area contributed by atoms with Crippen LogP contribution in [-0.2, 0) is 16.1 Å². The van der Waals surface area contributed by atoms with E-state index in [1.807, 2.05) is 25.1 Å². The lowest BCUT2D eigenvalue weighted by Crippen LogP contribution is -2.50. The third-order valence-corrected chi connectivity index (χ3v) is 5.66. The Kier molecular flexibility index (Phi) is 5.85. The van der Waals surface area contributed by atoms with Gasteiger partial charge in [-0.1, -0.05) is 24.3 Å². The van der Waals surface area contributed by atoms with Crippen LogP contribution in [0.4, 0.5) is 4.79 Å². The van der Waals surface area contributed by atoms with Gasteiger partial charge in [0, 0.05) is 36.4 Å². The number of thiazole rings is 1. The molecule has 1 aromatic carbocycles. The molecule has 1 aromatic heterocycles. The summed E-state index contributed by atoms with van der Waals surface area (Å²) in [4.78, 5) is 42.0. The molecule has 2 N–H and O–H groups in total. The summed E-state index contributed by atoms with van der Waals surface area (Å²) in [5.41, 5.74) is 3.18. The number of rotatable bonds is 6. The molecular weight excluding hydrogens is 364 g/mol. The summed E-state index contributed by atoms with van der Waals surface area (Å²) in [6.45, 7) is 5.05. The van der Waals surface area contributed by atoms with Crippen LogP contribution < -0.4 is 10.6 Å². The van der Waals surface area contributed by atoms with E-state index in [-0.39, 0.29) is 24.7 Å². The zero-order chi connectivity index (χ0) is 19.4. The van der Waals surface area contributed by atoms with Crippen LogP contribution in [0.1, 0.15) is 29.0 Å². The minimum atomic E-state index is -0.430. The second-order valence-corrected chi connectivity index (χ2v) is 7.54. The topological polar surface area (TPSA) is 91.4 Å². The van der Waals surface area contributed by atoms with E-state index < -0.39 is 6.03 Å². The fourth-order valence-corrected chi connectivity index (χ4v) is 3.93. The molecule has 8 heteroatoms. The van der Waals surface area contributed by atoms with Gasteiger partial charge >= 0.3 is 6.03 Å². The molecule has 1 aliphatic rings. The standard InChI is InChI=1S/C19H22N4O3S/c1-12-5-3-4-6-14(12)18-21-13(2)15(27-18)11-20-16(24)7-9-23-10-8-17(25)22-19(23)26/h3-6H,7-11H2,1-2H3,(H,20,24)(H,22,25,26). The molecule has 0 saturated carbocycles. The molecule has 2 aromatic rings. The van der Waals surface area contributed by atoms with E-state index in [1.54, 1.807) is 11.3 Å². The Morgan fingerprint density at radius 2 is 2.07 bits per heavy atom. The molecular formula is C19H22N4O3S. The van der Waals surface area contributed by atoms with Crippen LogP contribution in [-0.4, -0.2) is 40.8 Å². The van der Waals surface area contributed by atoms with Crippen LogP contribution >= 0.6 is 11.3 Å². The molecule has 0 aliphatic carbocycles. The Bertz CT molecular complexity index is 878. The summed E-state index contributed by atoms with van der Waals surface area (Å²) in [5, 5.41) is 6.09. The number of urea groups is 1. The van der Waals surface area contributed by atoms with Crippen LogP contribution in [0.5, 0.6) is 0 Å². The molecule has 0 radical (unpaired) electrons. The van der Waals surface area contributed by atoms with Crippen molar-refractivity contribution in [1.82, 2.24) is 20.5 Å². The summed E-state index contributed by atoms with van der Waals surface area (Å²) in [5.74, 6) is -0.407. The quantitative estimate of drug-likeness (QED) is 0.797. The average molecular weight is 386 g/mol. The highest BCUT2D eigenvalue weighted by Gasteiger charge is 2.23. The molecule has 0 unspecified atom stereocenters. The Labute approximate surface area is 161 Å². The van der Waals surface area contributed by atoms with Crippen molar-refractivity contribution in [2.45, 2.75) is 33.2 Å². The summed E-state index contributed by atoms with van der Waals surface area (Å²) in [7, 11) is 0. The minimum absolute atomic E-state index is 0.134. The van der Waals surface area contributed by atoms with Crippen molar-refractivity contribution >= 4 is 29.2 Å². The maximum absolute atomic E-state index is 12.1. The maximum Gasteiger partial charge on any atom is 0.324 e. The number of nitrogens with zero attached hydrogens (tertiary/aromatic N) is 2. The van der Waals surface area contributed by atoms with Crippen LogP contribution in [0.25, 0.3) is 10.6 Å². The molecule has 27 heavy (non-hydrogen) atoms. The lowest BCUT2D eigenvalue weighted by molar-refractivity contribution is -0.121. The molecule has 0 bridgehead atoms. The molecule has 0 spiro atoms. The average Bonchev–Trinajstić information content (AvgIpc) is 3.00. The molecule has 1 saturated heterocycles. The number of hydrogen-bond acceptors (Lipinski definition) is 5. The number of amides is 4. The Morgan fingerprint density at radius 3 is 2.81 bits per heavy atom. The van der Waals surface area contributed by atoms with Gasteiger partial charge in [-0.15, -0.1) is 11.3 Å². The second kappa shape index (κ2) is 8.30. The van der Waals surface area contributed by atoms with Gasteiger partial charge in [0.1, 0.15) is 5.01 Å². The highest BCUT2D eigenvalue weighted by Crippen LogP contribution is 2.29. The first-order chi connectivity index (χ1) is 12.9. The predicted molar refractivity (Wildman–Crippen MR) is 103 cm³/mol. The van der Waals surface area contributed by atoms with E-state index in [1.165, 1.54) is 10.5 Å². The largest absolute Gasteiger partial charge is 0.351 e. The van der Waals surface area contributed by atoms with Gasteiger partial charge in [-0.25, -0.2) is 9.78 Å². The monoisotopic (exact) mass is 386 g/mol. The highest BCUT2D eigenvalue weighted by molar-refractivity contribution is 7.15. The third-order valence-electron chi connectivity index (χ3n) is 4.47. The SMILES string of the molecule is Cc1ccccc1-c1nc(C)c(CNC(=O)CCN2CCC(=O)NC2=O)s1. The van der Waals surface area contributed by atoms with Crippen LogP contribution in [0, 0.1) is 13.8 Å². The van der Waals surface area contributed by atoms with E-state index >= 15 is 0 Å². The molecule has 0 atom stereocenters. The first-order valence-corrected chi connectivity index (χ1v) is 9.63. The lowest BCUT2D eigenvalue weighted by Gasteiger charge is -2.26. The normalized spacial score (nSPS) is 14.2. The van der Waals surface area contributed by atoms with Gasteiger partial charge in [0.05, 0.1) is 12.2 Å². The van der Waals surface area contributed by atoms with Gasteiger partial charge in [0.25, 0.3) is 0 Å². The van der Waals surface area contributed by atoms with Gasteiger partial charge in [0.15, 0.2) is 0 Å². The molecule has 1 fully saturated rings. The van der Waals surface area contributed by atoms with Gasteiger partial charge < -0.3 is 10.2 Å². The second-order valence-electron chi connectivity index (χ2n) is 6.46. The first-order valence-electron chi connectivity index (χ1n) is 8.82. The van der Waals surface area contributed by atoms with Crippen molar-refractivity contribution in [3.05, 3.63) is 40.4 Å². The van der Waals surface area contributed by atoms with E-state index in [9.17, 15) is 14.4 Å². The molecule has 7 nitrogen and oxygen atoms in total. The maximum atomic E-state index is 12.1. The number of carbonyl (C=O) groups excluding carboxylic acids is 3. The molecule has 2 heterocycles. The Balaban J connectivity index is 1.53. The van der Waals surface area contributed by atoms with E-state index in [0.29, 0.717) is 19.6 Å². The van der Waals surface area contributed by atoms with E-state index in [0.717, 1.165) is 21.1 Å². The van der Waals surface area contributed by atoms with Crippen molar-refractivity contribution in [3.63, 3.8) is 0 Å². The smallest absolute Gasteiger partial charge is 0.324 e. The number of imide groups is 1. The highest BCUT2D eigenvalue weighted by atomic mass is 32.1. The summed E-state index contributed by atoms with van der Waals surface area (Å²) < 4.78 is 0. The van der Waals surface area contributed by atoms with Crippen molar-refractivity contribution in [1.29, 1.82) is 0 Å². The summed E-state index contributed by atoms with van der Waals surface area (Å²) in [6, 6.07) is 7.66. The minimum Gasteiger partial charge on any atom is -0.351 e. The number of aromatic nitrogens is 1. The zero-order valence-electron chi connectivity index (χ0n) is 15.4. The lowest BCUT2D eigenvalue weighted by atomic mass is 10.1. The van der Waals surface area contributed by atoms with E-state index in [2.05, 4.69) is 28.6 Å². The van der Waals surface area contributed by atoms with Crippen molar-refractivity contribution in [3.8, 4) is 10.6 Å². The Hall–Kier alpha value is -2.74. The molecule has 4 amide bonds. The van der Waals surface area contributed by atoms with Gasteiger partial charge in [-0.3, -0.25) is 14.9 Å². The van der Waals surface area contributed by atoms with Gasteiger partial charge in [-0.05, 0) is 19.4 Å². The number of aryl methyl sites for hydroxylation is 2. The molecule has 3 rings (SSSR count). The van der Waals surface area contributed by atoms with Crippen LogP contribution in [0.2, 0.25) is 0 Å². The van der Waals surface area contributed by atoms with Crippen molar-refractivity contribution in [2.75, 3.05) is 13.1 Å². The zero-order valence-corrected chi connectivity index (χ0v) is 16.2. The van der Waals surface area contributed by atoms with Crippen LogP contribution in [0.15, 0.2) is 24.3 Å². The molecule has 142 valence electrons. The van der Waals surface area contributed by atoms with Crippen LogP contribution in [0.3, 0.4) is 0 Å². The van der Waals surface area contributed by atoms with Crippen molar-refractivity contribution in [2.24, 2.45) is 0 Å². The fourth-order valence-electron chi connectivity index (χ4n) is 2.84. The number of carbonyl (C=O) groups is 3. The van der Waals surface area contributed by atoms with Crippen molar-refractivity contribution < 1.29 is 14.4 Å². The first kappa shape index (κ1) is 19.0.